The van der Waals surface area contributed by atoms with Crippen molar-refractivity contribution in [2.24, 2.45) is 17.2 Å². The van der Waals surface area contributed by atoms with Gasteiger partial charge in [-0.2, -0.15) is 26.3 Å². The first kappa shape index (κ1) is 37.7. The molecule has 0 spiro atoms. The first-order valence-electron chi connectivity index (χ1n) is 14.3. The molecule has 0 heterocycles. The van der Waals surface area contributed by atoms with Gasteiger partial charge in [0, 0.05) is 39.0 Å². The molecule has 2 rings (SSSR count). The molecule has 0 aromatic heterocycles. The number of rotatable bonds is 16. The maximum Gasteiger partial charge on any atom is 0.416 e. The quantitative estimate of drug-likeness (QED) is 0.137. The smallest absolute Gasteiger partial charge is 0.416 e. The predicted molar refractivity (Wildman–Crippen MR) is 157 cm³/mol. The highest BCUT2D eigenvalue weighted by atomic mass is 19.4. The van der Waals surface area contributed by atoms with Gasteiger partial charge in [-0.3, -0.25) is 14.4 Å². The van der Waals surface area contributed by atoms with E-state index >= 15 is 0 Å². The zero-order valence-electron chi connectivity index (χ0n) is 24.8. The number of alkyl halides is 6. The van der Waals surface area contributed by atoms with Gasteiger partial charge < -0.3 is 32.4 Å². The van der Waals surface area contributed by atoms with E-state index in [0.29, 0.717) is 5.56 Å². The summed E-state index contributed by atoms with van der Waals surface area (Å²) >= 11 is 0. The van der Waals surface area contributed by atoms with Crippen LogP contribution in [0.5, 0.6) is 0 Å². The lowest BCUT2D eigenvalue weighted by Gasteiger charge is -2.23. The van der Waals surface area contributed by atoms with Gasteiger partial charge in [0.05, 0.1) is 23.2 Å². The molecule has 0 aliphatic rings. The highest BCUT2D eigenvalue weighted by Gasteiger charge is 2.33. The summed E-state index contributed by atoms with van der Waals surface area (Å²) in [5.41, 5.74) is 15.4. The minimum atomic E-state index is -4.76. The van der Waals surface area contributed by atoms with Crippen LogP contribution in [0.2, 0.25) is 6.82 Å². The van der Waals surface area contributed by atoms with E-state index in [1.807, 2.05) is 0 Å². The van der Waals surface area contributed by atoms with Crippen molar-refractivity contribution < 1.29 is 45.8 Å². The van der Waals surface area contributed by atoms with Crippen LogP contribution in [-0.4, -0.2) is 72.7 Å². The molecule has 0 bridgehead atoms. The Morgan fingerprint density at radius 2 is 1.47 bits per heavy atom. The number of Topliss-reactive ketones (excluding diaryl/α,β-unsaturated/α-hetero) is 1. The molecule has 0 unspecified atom stereocenters. The molecule has 8 N–H and O–H groups in total. The lowest BCUT2D eigenvalue weighted by Crippen LogP contribution is -2.49. The van der Waals surface area contributed by atoms with Gasteiger partial charge in [-0.05, 0) is 54.1 Å². The summed E-state index contributed by atoms with van der Waals surface area (Å²) in [6.45, 7) is 0.917. The highest BCUT2D eigenvalue weighted by Crippen LogP contribution is 2.30. The lowest BCUT2D eigenvalue weighted by atomic mass is 9.63. The maximum atomic E-state index is 13.5. The second-order valence-electron chi connectivity index (χ2n) is 10.7. The van der Waals surface area contributed by atoms with Crippen molar-refractivity contribution in [1.82, 2.24) is 10.2 Å². The van der Waals surface area contributed by atoms with Crippen molar-refractivity contribution in [3.05, 3.63) is 64.7 Å². The molecule has 9 nitrogen and oxygen atoms in total. The minimum Gasteiger partial charge on any atom is -0.447 e. The average Bonchev–Trinajstić information content (AvgIpc) is 2.96. The Morgan fingerprint density at radius 3 is 1.98 bits per heavy atom. The zero-order chi connectivity index (χ0) is 33.9. The molecule has 16 heteroatoms. The van der Waals surface area contributed by atoms with Crippen molar-refractivity contribution in [2.75, 3.05) is 26.2 Å². The van der Waals surface area contributed by atoms with Gasteiger partial charge >= 0.3 is 19.3 Å². The number of amides is 2. The van der Waals surface area contributed by atoms with E-state index in [1.54, 1.807) is 0 Å². The Balaban J connectivity index is 2.25. The third-order valence-electron chi connectivity index (χ3n) is 7.07. The zero-order valence-corrected chi connectivity index (χ0v) is 24.8. The number of carbonyl (C=O) groups is 3. The summed E-state index contributed by atoms with van der Waals surface area (Å²) < 4.78 is 79.4. The van der Waals surface area contributed by atoms with E-state index < -0.39 is 60.6 Å². The van der Waals surface area contributed by atoms with Crippen molar-refractivity contribution in [3.8, 4) is 0 Å². The molecule has 0 saturated carbocycles. The Bertz CT molecular complexity index is 1290. The van der Waals surface area contributed by atoms with Crippen LogP contribution < -0.4 is 28.0 Å². The number of nitrogens with one attached hydrogen (secondary N) is 1. The Labute approximate surface area is 257 Å². The SMILES string of the molecule is CB(O)c1cc(CC(=O)[C@@H](CCc2ccc(C(F)(F)F)cc2)NC(=O)[C@@H](N)CCC(=O)N(CCN)CCN)cc(C(F)(F)F)c1. The number of nitrogens with zero attached hydrogens (tertiary/aromatic N) is 1. The van der Waals surface area contributed by atoms with E-state index in [9.17, 15) is 45.8 Å². The van der Waals surface area contributed by atoms with Crippen LogP contribution in [-0.2, 0) is 39.6 Å². The Kier molecular flexibility index (Phi) is 14.0. The van der Waals surface area contributed by atoms with E-state index in [1.165, 1.54) is 29.9 Å². The molecule has 0 radical (unpaired) electrons. The molecule has 248 valence electrons. The number of hydrogen-bond donors (Lipinski definition) is 5. The number of carbonyl (C=O) groups excluding carboxylic acids is 3. The Morgan fingerprint density at radius 1 is 0.889 bits per heavy atom. The number of halogens is 6. The number of hydrogen-bond acceptors (Lipinski definition) is 7. The van der Waals surface area contributed by atoms with Crippen molar-refractivity contribution in [1.29, 1.82) is 0 Å². The summed E-state index contributed by atoms with van der Waals surface area (Å²) in [4.78, 5) is 40.3. The van der Waals surface area contributed by atoms with Crippen LogP contribution in [0.3, 0.4) is 0 Å². The Hall–Kier alpha value is -3.47. The molecule has 2 aromatic carbocycles. The first-order valence-corrected chi connectivity index (χ1v) is 14.3. The fourth-order valence-electron chi connectivity index (χ4n) is 4.55. The van der Waals surface area contributed by atoms with Crippen LogP contribution >= 0.6 is 0 Å². The second-order valence-corrected chi connectivity index (χ2v) is 10.7. The topological polar surface area (TPSA) is 165 Å². The third-order valence-corrected chi connectivity index (χ3v) is 7.07. The van der Waals surface area contributed by atoms with Gasteiger partial charge in [0.2, 0.25) is 11.8 Å². The van der Waals surface area contributed by atoms with E-state index in [-0.39, 0.29) is 68.8 Å². The summed E-state index contributed by atoms with van der Waals surface area (Å²) in [6, 6.07) is 4.46. The van der Waals surface area contributed by atoms with Gasteiger partial charge in [0.1, 0.15) is 0 Å². The summed E-state index contributed by atoms with van der Waals surface area (Å²) in [6.07, 6.45) is -10.1. The van der Waals surface area contributed by atoms with E-state index in [4.69, 9.17) is 17.2 Å². The molecule has 0 fully saturated rings. The first-order chi connectivity index (χ1) is 21.0. The van der Waals surface area contributed by atoms with Crippen molar-refractivity contribution in [3.63, 3.8) is 0 Å². The fraction of sp³-hybridized carbons (Fsp3) is 0.483. The second kappa shape index (κ2) is 16.7. The van der Waals surface area contributed by atoms with Crippen LogP contribution in [0.1, 0.15) is 41.5 Å². The molecule has 0 aliphatic heterocycles. The fourth-order valence-corrected chi connectivity index (χ4v) is 4.55. The summed E-state index contributed by atoms with van der Waals surface area (Å²) in [5, 5.41) is 12.4. The molecule has 2 atom stereocenters. The molecule has 45 heavy (non-hydrogen) atoms. The molecule has 0 aliphatic carbocycles. The van der Waals surface area contributed by atoms with Gasteiger partial charge in [-0.15, -0.1) is 0 Å². The van der Waals surface area contributed by atoms with Crippen LogP contribution in [0.4, 0.5) is 26.3 Å². The number of aryl methyl sites for hydroxylation is 1. The molecular weight excluding hydrogens is 607 g/mol. The molecule has 2 aromatic rings. The molecular formula is C29H38BF6N5O4. The number of benzene rings is 2. The monoisotopic (exact) mass is 645 g/mol. The van der Waals surface area contributed by atoms with Gasteiger partial charge in [0.25, 0.3) is 0 Å². The van der Waals surface area contributed by atoms with Gasteiger partial charge in [0.15, 0.2) is 5.78 Å². The van der Waals surface area contributed by atoms with Crippen molar-refractivity contribution in [2.45, 2.75) is 63.4 Å². The number of nitrogens with two attached hydrogens (primary N) is 3. The van der Waals surface area contributed by atoms with Crippen LogP contribution in [0.15, 0.2) is 42.5 Å². The normalized spacial score (nSPS) is 13.2. The predicted octanol–water partition coefficient (Wildman–Crippen LogP) is 1.63. The van der Waals surface area contributed by atoms with Crippen LogP contribution in [0.25, 0.3) is 0 Å². The van der Waals surface area contributed by atoms with Gasteiger partial charge in [-0.25, -0.2) is 0 Å². The summed E-state index contributed by atoms with van der Waals surface area (Å²) in [7, 11) is 0. The molecule has 2 amide bonds. The molecule has 0 saturated heterocycles. The summed E-state index contributed by atoms with van der Waals surface area (Å²) in [5.74, 6) is -1.82. The number of ketones is 1. The highest BCUT2D eigenvalue weighted by molar-refractivity contribution is 6.64. The van der Waals surface area contributed by atoms with Crippen molar-refractivity contribution >= 4 is 30.0 Å². The lowest BCUT2D eigenvalue weighted by molar-refractivity contribution is -0.138. The van der Waals surface area contributed by atoms with Gasteiger partial charge in [-0.1, -0.05) is 31.1 Å². The van der Waals surface area contributed by atoms with Crippen LogP contribution in [0, 0.1) is 0 Å². The maximum absolute atomic E-state index is 13.5. The standard InChI is InChI=1S/C29H38BF6N5O4/c1-30(45)22-15-19(14-21(17-22)29(34,35)36)16-25(42)24(8-4-18-2-5-20(6-3-18)28(31,32)33)40-27(44)23(39)7-9-26(43)41(12-10-37)13-11-38/h2-3,5-6,14-15,17,23-24,45H,4,7-13,16,37-39H2,1H3,(H,40,44)/t23-,24+/m0/s1. The van der Waals surface area contributed by atoms with E-state index in [2.05, 4.69) is 5.32 Å². The minimum absolute atomic E-state index is 0.0389. The third kappa shape index (κ3) is 12.1. The average molecular weight is 645 g/mol. The largest absolute Gasteiger partial charge is 0.447 e. The van der Waals surface area contributed by atoms with E-state index in [0.717, 1.165) is 24.3 Å².